The zero-order valence-corrected chi connectivity index (χ0v) is 18.3. The van der Waals surface area contributed by atoms with Gasteiger partial charge in [0.25, 0.3) is 0 Å². The summed E-state index contributed by atoms with van der Waals surface area (Å²) in [6.45, 7) is 3.92. The van der Waals surface area contributed by atoms with Gasteiger partial charge in [-0.15, -0.1) is 0 Å². The van der Waals surface area contributed by atoms with E-state index in [1.165, 1.54) is 13.4 Å². The van der Waals surface area contributed by atoms with Crippen LogP contribution < -0.4 is 10.5 Å². The first-order chi connectivity index (χ1) is 15.4. The smallest absolute Gasteiger partial charge is 0.313 e. The number of aromatic nitrogens is 4. The first-order valence-corrected chi connectivity index (χ1v) is 10.6. The van der Waals surface area contributed by atoms with Crippen molar-refractivity contribution in [2.24, 2.45) is 5.41 Å². The van der Waals surface area contributed by atoms with Gasteiger partial charge in [0.1, 0.15) is 23.6 Å². The van der Waals surface area contributed by atoms with Crippen molar-refractivity contribution < 1.29 is 14.3 Å². The Morgan fingerprint density at radius 1 is 1.16 bits per heavy atom. The quantitative estimate of drug-likeness (QED) is 0.461. The third-order valence-electron chi connectivity index (χ3n) is 5.75. The fraction of sp³-hybridized carbons (Fsp3) is 0.333. The molecule has 32 heavy (non-hydrogen) atoms. The van der Waals surface area contributed by atoms with Gasteiger partial charge in [-0.3, -0.25) is 4.79 Å². The molecule has 164 valence electrons. The summed E-state index contributed by atoms with van der Waals surface area (Å²) in [5, 5.41) is 7.62. The normalized spacial score (nSPS) is 14.1. The second-order valence-electron chi connectivity index (χ2n) is 8.88. The molecule has 0 atom stereocenters. The standard InChI is InChI=1S/C24H25N5O3/c1-24(2,23(30)31-3)12-29-22-19(21(25)26-13-27-22)20(28-29)16-5-4-15-11-18(32-17-8-9-17)7-6-14(15)10-16/h4-7,10-11,13,17H,8-9,12H2,1-3H3,(H2,25,26,27). The van der Waals surface area contributed by atoms with Crippen LogP contribution in [0.3, 0.4) is 0 Å². The van der Waals surface area contributed by atoms with Gasteiger partial charge in [0.15, 0.2) is 5.65 Å². The van der Waals surface area contributed by atoms with Crippen LogP contribution in [0.2, 0.25) is 0 Å². The molecule has 8 nitrogen and oxygen atoms in total. The van der Waals surface area contributed by atoms with Gasteiger partial charge in [-0.25, -0.2) is 14.6 Å². The zero-order chi connectivity index (χ0) is 22.5. The average Bonchev–Trinajstić information content (AvgIpc) is 3.52. The minimum absolute atomic E-state index is 0.294. The van der Waals surface area contributed by atoms with E-state index < -0.39 is 5.41 Å². The Bertz CT molecular complexity index is 1340. The maximum Gasteiger partial charge on any atom is 0.313 e. The molecule has 0 bridgehead atoms. The van der Waals surface area contributed by atoms with E-state index in [1.807, 2.05) is 32.0 Å². The molecule has 1 fully saturated rings. The topological polar surface area (TPSA) is 105 Å². The number of hydrogen-bond acceptors (Lipinski definition) is 7. The highest BCUT2D eigenvalue weighted by atomic mass is 16.5. The fourth-order valence-corrected chi connectivity index (χ4v) is 3.88. The van der Waals surface area contributed by atoms with Gasteiger partial charge >= 0.3 is 5.97 Å². The molecule has 5 rings (SSSR count). The second-order valence-corrected chi connectivity index (χ2v) is 8.88. The maximum atomic E-state index is 12.2. The Kier molecular flexibility index (Phi) is 4.73. The highest BCUT2D eigenvalue weighted by molar-refractivity contribution is 6.00. The first kappa shape index (κ1) is 20.2. The molecule has 4 aromatic rings. The van der Waals surface area contributed by atoms with Crippen molar-refractivity contribution in [2.75, 3.05) is 12.8 Å². The van der Waals surface area contributed by atoms with E-state index in [-0.39, 0.29) is 5.97 Å². The summed E-state index contributed by atoms with van der Waals surface area (Å²) >= 11 is 0. The van der Waals surface area contributed by atoms with Crippen molar-refractivity contribution in [3.8, 4) is 17.0 Å². The molecular weight excluding hydrogens is 406 g/mol. The molecule has 2 aromatic heterocycles. The molecule has 1 saturated carbocycles. The number of fused-ring (bicyclic) bond motifs is 2. The van der Waals surface area contributed by atoms with Crippen LogP contribution in [0.15, 0.2) is 42.7 Å². The molecular formula is C24H25N5O3. The van der Waals surface area contributed by atoms with Crippen LogP contribution in [0.4, 0.5) is 5.82 Å². The first-order valence-electron chi connectivity index (χ1n) is 10.6. The van der Waals surface area contributed by atoms with Crippen LogP contribution >= 0.6 is 0 Å². The largest absolute Gasteiger partial charge is 0.490 e. The van der Waals surface area contributed by atoms with Crippen LogP contribution in [-0.2, 0) is 16.1 Å². The van der Waals surface area contributed by atoms with Crippen LogP contribution in [0.25, 0.3) is 33.1 Å². The van der Waals surface area contributed by atoms with E-state index in [4.69, 9.17) is 20.3 Å². The van der Waals surface area contributed by atoms with Crippen LogP contribution in [0, 0.1) is 5.41 Å². The van der Waals surface area contributed by atoms with E-state index in [9.17, 15) is 4.79 Å². The lowest BCUT2D eigenvalue weighted by Crippen LogP contribution is -2.31. The number of methoxy groups -OCH3 is 1. The number of nitrogens with two attached hydrogens (primary N) is 1. The van der Waals surface area contributed by atoms with Gasteiger partial charge in [-0.2, -0.15) is 5.10 Å². The predicted molar refractivity (Wildman–Crippen MR) is 122 cm³/mol. The number of carbonyl (C=O) groups excluding carboxylic acids is 1. The highest BCUT2D eigenvalue weighted by Crippen LogP contribution is 2.35. The van der Waals surface area contributed by atoms with Crippen molar-refractivity contribution in [1.29, 1.82) is 0 Å². The Labute approximate surface area is 185 Å². The van der Waals surface area contributed by atoms with E-state index >= 15 is 0 Å². The molecule has 0 amide bonds. The molecule has 2 N–H and O–H groups in total. The van der Waals surface area contributed by atoms with Gasteiger partial charge in [0.2, 0.25) is 0 Å². The average molecular weight is 431 g/mol. The third-order valence-corrected chi connectivity index (χ3v) is 5.75. The van der Waals surface area contributed by atoms with Gasteiger partial charge in [0, 0.05) is 5.56 Å². The lowest BCUT2D eigenvalue weighted by molar-refractivity contribution is -0.151. The summed E-state index contributed by atoms with van der Waals surface area (Å²) in [7, 11) is 1.38. The summed E-state index contributed by atoms with van der Waals surface area (Å²) in [5.41, 5.74) is 7.60. The number of rotatable bonds is 6. The van der Waals surface area contributed by atoms with Crippen LogP contribution in [-0.4, -0.2) is 38.9 Å². The summed E-state index contributed by atoms with van der Waals surface area (Å²) in [6.07, 6.45) is 4.03. The molecule has 0 aliphatic heterocycles. The predicted octanol–water partition coefficient (Wildman–Crippen LogP) is 3.97. The molecule has 0 saturated heterocycles. The Balaban J connectivity index is 1.58. The molecule has 0 unspecified atom stereocenters. The van der Waals surface area contributed by atoms with Crippen molar-refractivity contribution in [1.82, 2.24) is 19.7 Å². The Morgan fingerprint density at radius 3 is 2.66 bits per heavy atom. The summed E-state index contributed by atoms with van der Waals surface area (Å²) in [4.78, 5) is 20.8. The molecule has 2 heterocycles. The number of nitrogen functional groups attached to an aromatic ring is 1. The van der Waals surface area contributed by atoms with Gasteiger partial charge in [-0.1, -0.05) is 18.2 Å². The lowest BCUT2D eigenvalue weighted by Gasteiger charge is -2.21. The molecule has 0 radical (unpaired) electrons. The van der Waals surface area contributed by atoms with Gasteiger partial charge < -0.3 is 15.2 Å². The minimum atomic E-state index is -0.786. The van der Waals surface area contributed by atoms with Crippen LogP contribution in [0.1, 0.15) is 26.7 Å². The number of esters is 1. The molecule has 1 aliphatic carbocycles. The van der Waals surface area contributed by atoms with Crippen LogP contribution in [0.5, 0.6) is 5.75 Å². The SMILES string of the molecule is COC(=O)C(C)(C)Cn1nc(-c2ccc3cc(OC4CC4)ccc3c2)c2c(N)ncnc21. The minimum Gasteiger partial charge on any atom is -0.490 e. The van der Waals surface area contributed by atoms with Crippen molar-refractivity contribution >= 4 is 33.6 Å². The monoisotopic (exact) mass is 431 g/mol. The fourth-order valence-electron chi connectivity index (χ4n) is 3.88. The summed E-state index contributed by atoms with van der Waals surface area (Å²) in [5.74, 6) is 0.922. The van der Waals surface area contributed by atoms with Gasteiger partial charge in [-0.05, 0) is 55.7 Å². The van der Waals surface area contributed by atoms with Crippen molar-refractivity contribution in [3.63, 3.8) is 0 Å². The van der Waals surface area contributed by atoms with Crippen molar-refractivity contribution in [2.45, 2.75) is 39.3 Å². The second kappa shape index (κ2) is 7.47. The summed E-state index contributed by atoms with van der Waals surface area (Å²) < 4.78 is 12.6. The van der Waals surface area contributed by atoms with Crippen molar-refractivity contribution in [3.05, 3.63) is 42.7 Å². The van der Waals surface area contributed by atoms with Gasteiger partial charge in [0.05, 0.1) is 30.6 Å². The highest BCUT2D eigenvalue weighted by Gasteiger charge is 2.31. The number of carbonyl (C=O) groups is 1. The molecule has 1 aliphatic rings. The zero-order valence-electron chi connectivity index (χ0n) is 18.3. The third kappa shape index (κ3) is 3.62. The number of hydrogen-bond donors (Lipinski definition) is 1. The number of benzene rings is 2. The number of ether oxygens (including phenoxy) is 2. The lowest BCUT2D eigenvalue weighted by atomic mass is 9.94. The Hall–Kier alpha value is -3.68. The number of nitrogens with zero attached hydrogens (tertiary/aromatic N) is 4. The maximum absolute atomic E-state index is 12.2. The van der Waals surface area contributed by atoms with E-state index in [0.29, 0.717) is 35.2 Å². The number of anilines is 1. The molecule has 8 heteroatoms. The molecule has 2 aromatic carbocycles. The summed E-state index contributed by atoms with van der Waals surface area (Å²) in [6, 6.07) is 12.2. The van der Waals surface area contributed by atoms with E-state index in [0.717, 1.165) is 34.9 Å². The molecule has 0 spiro atoms. The Morgan fingerprint density at radius 2 is 1.91 bits per heavy atom. The van der Waals surface area contributed by atoms with E-state index in [1.54, 1.807) is 4.68 Å². The van der Waals surface area contributed by atoms with E-state index in [2.05, 4.69) is 28.2 Å².